The Morgan fingerprint density at radius 3 is 2.42 bits per heavy atom. The first kappa shape index (κ1) is 13.7. The minimum absolute atomic E-state index is 0.100. The van der Waals surface area contributed by atoms with E-state index in [1.165, 1.54) is 16.4 Å². The highest BCUT2D eigenvalue weighted by Crippen LogP contribution is 2.23. The van der Waals surface area contributed by atoms with Crippen molar-refractivity contribution in [2.24, 2.45) is 0 Å². The minimum atomic E-state index is -3.57. The lowest BCUT2D eigenvalue weighted by Crippen LogP contribution is -2.38. The first-order chi connectivity index (χ1) is 8.95. The highest BCUT2D eigenvalue weighted by Gasteiger charge is 2.29. The van der Waals surface area contributed by atoms with E-state index in [4.69, 9.17) is 5.26 Å². The zero-order valence-corrected chi connectivity index (χ0v) is 11.4. The molecule has 19 heavy (non-hydrogen) atoms. The van der Waals surface area contributed by atoms with Crippen LogP contribution in [0.15, 0.2) is 23.1 Å². The smallest absolute Gasteiger partial charge is 0.243 e. The molecule has 0 saturated carbocycles. The number of benzene rings is 1. The van der Waals surface area contributed by atoms with Gasteiger partial charge in [0.2, 0.25) is 10.0 Å². The number of hydrogen-bond acceptors (Lipinski definition) is 4. The maximum absolute atomic E-state index is 12.4. The molecule has 0 unspecified atom stereocenters. The Hall–Kier alpha value is -1.71. The van der Waals surface area contributed by atoms with Crippen LogP contribution < -0.4 is 0 Å². The monoisotopic (exact) mass is 278 g/mol. The van der Waals surface area contributed by atoms with Crippen molar-refractivity contribution in [1.29, 1.82) is 5.26 Å². The van der Waals surface area contributed by atoms with Gasteiger partial charge in [-0.25, -0.2) is 8.42 Å². The van der Waals surface area contributed by atoms with Crippen molar-refractivity contribution in [3.63, 3.8) is 0 Å². The lowest BCUT2D eigenvalue weighted by atomic mass is 10.1. The molecule has 2 rings (SSSR count). The summed E-state index contributed by atoms with van der Waals surface area (Å²) in [6.45, 7) is 2.14. The average Bonchev–Trinajstić information content (AvgIpc) is 2.38. The molecular formula is C13H14N2O3S. The number of Topliss-reactive ketones (excluding diaryl/α,β-unsaturated/α-hetero) is 1. The largest absolute Gasteiger partial charge is 0.300 e. The number of carbonyl (C=O) groups is 1. The topological polar surface area (TPSA) is 78.2 Å². The van der Waals surface area contributed by atoms with Gasteiger partial charge in [0.1, 0.15) is 5.78 Å². The molecule has 0 N–H and O–H groups in total. The van der Waals surface area contributed by atoms with E-state index in [9.17, 15) is 13.2 Å². The average molecular weight is 278 g/mol. The number of ketones is 1. The van der Waals surface area contributed by atoms with Crippen LogP contribution in [-0.4, -0.2) is 31.6 Å². The molecule has 100 valence electrons. The Kier molecular flexibility index (Phi) is 3.69. The molecule has 1 aromatic carbocycles. The van der Waals surface area contributed by atoms with Crippen LogP contribution in [-0.2, 0) is 14.8 Å². The van der Waals surface area contributed by atoms with E-state index in [0.29, 0.717) is 11.1 Å². The fourth-order valence-corrected chi connectivity index (χ4v) is 3.77. The number of carbonyl (C=O) groups excluding carboxylic acids is 1. The number of sulfonamides is 1. The molecule has 1 heterocycles. The summed E-state index contributed by atoms with van der Waals surface area (Å²) in [7, 11) is -3.57. The molecule has 0 radical (unpaired) electrons. The quantitative estimate of drug-likeness (QED) is 0.815. The number of hydrogen-bond donors (Lipinski definition) is 0. The fourth-order valence-electron chi connectivity index (χ4n) is 2.12. The molecule has 1 aromatic rings. The number of nitriles is 1. The molecule has 0 aromatic heterocycles. The van der Waals surface area contributed by atoms with Crippen LogP contribution in [0.4, 0.5) is 0 Å². The predicted molar refractivity (Wildman–Crippen MR) is 68.9 cm³/mol. The van der Waals surface area contributed by atoms with Crippen molar-refractivity contribution in [1.82, 2.24) is 4.31 Å². The Balaban J connectivity index is 2.35. The first-order valence-corrected chi connectivity index (χ1v) is 7.42. The van der Waals surface area contributed by atoms with Gasteiger partial charge in [-0.2, -0.15) is 9.57 Å². The van der Waals surface area contributed by atoms with E-state index in [1.807, 2.05) is 6.07 Å². The Morgan fingerprint density at radius 1 is 1.26 bits per heavy atom. The van der Waals surface area contributed by atoms with E-state index >= 15 is 0 Å². The summed E-state index contributed by atoms with van der Waals surface area (Å²) >= 11 is 0. The minimum Gasteiger partial charge on any atom is -0.300 e. The molecular weight excluding hydrogens is 264 g/mol. The third-order valence-corrected chi connectivity index (χ3v) is 5.26. The zero-order valence-electron chi connectivity index (χ0n) is 10.6. The molecule has 0 amide bonds. The third kappa shape index (κ3) is 2.67. The third-order valence-electron chi connectivity index (χ3n) is 3.20. The van der Waals surface area contributed by atoms with Crippen LogP contribution in [0.2, 0.25) is 0 Å². The van der Waals surface area contributed by atoms with Crippen molar-refractivity contribution in [3.8, 4) is 6.07 Å². The summed E-state index contributed by atoms with van der Waals surface area (Å²) in [5.74, 6) is 0.100. The van der Waals surface area contributed by atoms with Gasteiger partial charge in [-0.05, 0) is 30.7 Å². The van der Waals surface area contributed by atoms with Crippen LogP contribution in [0.3, 0.4) is 0 Å². The van der Waals surface area contributed by atoms with E-state index in [-0.39, 0.29) is 36.6 Å². The summed E-state index contributed by atoms with van der Waals surface area (Å²) < 4.78 is 26.2. The van der Waals surface area contributed by atoms with E-state index in [1.54, 1.807) is 13.0 Å². The summed E-state index contributed by atoms with van der Waals surface area (Å²) in [6, 6.07) is 6.49. The predicted octanol–water partition coefficient (Wildman–Crippen LogP) is 1.22. The molecule has 1 saturated heterocycles. The number of aryl methyl sites for hydroxylation is 1. The van der Waals surface area contributed by atoms with Gasteiger partial charge < -0.3 is 0 Å². The lowest BCUT2D eigenvalue weighted by Gasteiger charge is -2.25. The first-order valence-electron chi connectivity index (χ1n) is 5.98. The normalized spacial score (nSPS) is 17.2. The Labute approximate surface area is 112 Å². The summed E-state index contributed by atoms with van der Waals surface area (Å²) in [5.41, 5.74) is 0.987. The Morgan fingerprint density at radius 2 is 1.89 bits per heavy atom. The maximum Gasteiger partial charge on any atom is 0.243 e. The van der Waals surface area contributed by atoms with Crippen molar-refractivity contribution in [3.05, 3.63) is 29.3 Å². The van der Waals surface area contributed by atoms with E-state index in [0.717, 1.165) is 0 Å². The van der Waals surface area contributed by atoms with Crippen molar-refractivity contribution < 1.29 is 13.2 Å². The van der Waals surface area contributed by atoms with Crippen molar-refractivity contribution in [2.75, 3.05) is 13.1 Å². The van der Waals surface area contributed by atoms with E-state index < -0.39 is 10.0 Å². The van der Waals surface area contributed by atoms with Gasteiger partial charge in [0, 0.05) is 25.9 Å². The molecule has 0 spiro atoms. The van der Waals surface area contributed by atoms with Gasteiger partial charge in [-0.1, -0.05) is 0 Å². The van der Waals surface area contributed by atoms with Crippen LogP contribution >= 0.6 is 0 Å². The van der Waals surface area contributed by atoms with Gasteiger partial charge in [0.15, 0.2) is 0 Å². The number of rotatable bonds is 2. The maximum atomic E-state index is 12.4. The van der Waals surface area contributed by atoms with Crippen molar-refractivity contribution >= 4 is 15.8 Å². The molecule has 1 fully saturated rings. The van der Waals surface area contributed by atoms with Crippen LogP contribution in [0.5, 0.6) is 0 Å². The standard InChI is InChI=1S/C13H14N2O3S/c1-10-8-11(9-14)2-3-13(10)19(17,18)15-6-4-12(16)5-7-15/h2-3,8H,4-7H2,1H3. The van der Waals surface area contributed by atoms with Crippen LogP contribution in [0, 0.1) is 18.3 Å². The molecule has 6 heteroatoms. The van der Waals surface area contributed by atoms with Gasteiger partial charge in [0.05, 0.1) is 16.5 Å². The van der Waals surface area contributed by atoms with E-state index in [2.05, 4.69) is 0 Å². The van der Waals surface area contributed by atoms with Gasteiger partial charge in [-0.15, -0.1) is 0 Å². The summed E-state index contributed by atoms with van der Waals surface area (Å²) in [6.07, 6.45) is 0.545. The van der Waals surface area contributed by atoms with Gasteiger partial charge in [-0.3, -0.25) is 4.79 Å². The van der Waals surface area contributed by atoms with Crippen molar-refractivity contribution in [2.45, 2.75) is 24.7 Å². The second-order valence-electron chi connectivity index (χ2n) is 4.53. The summed E-state index contributed by atoms with van der Waals surface area (Å²) in [4.78, 5) is 11.4. The SMILES string of the molecule is Cc1cc(C#N)ccc1S(=O)(=O)N1CCC(=O)CC1. The van der Waals surface area contributed by atoms with Crippen LogP contribution in [0.25, 0.3) is 0 Å². The lowest BCUT2D eigenvalue weighted by molar-refractivity contribution is -0.120. The molecule has 5 nitrogen and oxygen atoms in total. The highest BCUT2D eigenvalue weighted by atomic mass is 32.2. The zero-order chi connectivity index (χ0) is 14.0. The molecule has 1 aliphatic heterocycles. The summed E-state index contributed by atoms with van der Waals surface area (Å²) in [5, 5.41) is 8.79. The number of nitrogens with zero attached hydrogens (tertiary/aromatic N) is 2. The van der Waals surface area contributed by atoms with Gasteiger partial charge in [0.25, 0.3) is 0 Å². The highest BCUT2D eigenvalue weighted by molar-refractivity contribution is 7.89. The fraction of sp³-hybridized carbons (Fsp3) is 0.385. The second-order valence-corrected chi connectivity index (χ2v) is 6.44. The number of piperidine rings is 1. The molecule has 0 aliphatic carbocycles. The Bertz CT molecular complexity index is 649. The van der Waals surface area contributed by atoms with Gasteiger partial charge >= 0.3 is 0 Å². The molecule has 0 bridgehead atoms. The second kappa shape index (κ2) is 5.11. The molecule has 1 aliphatic rings. The molecule has 0 atom stereocenters. The van der Waals surface area contributed by atoms with Crippen LogP contribution in [0.1, 0.15) is 24.0 Å².